The van der Waals surface area contributed by atoms with Gasteiger partial charge >= 0.3 is 5.82 Å². The van der Waals surface area contributed by atoms with Crippen LogP contribution in [0.25, 0.3) is 11.2 Å². The van der Waals surface area contributed by atoms with Crippen molar-refractivity contribution in [2.75, 3.05) is 0 Å². The van der Waals surface area contributed by atoms with E-state index in [2.05, 4.69) is 13.8 Å². The van der Waals surface area contributed by atoms with E-state index in [1.54, 1.807) is 6.07 Å². The summed E-state index contributed by atoms with van der Waals surface area (Å²) in [4.78, 5) is 10.7. The Balaban J connectivity index is 0.000000531. The molecule has 0 atom stereocenters. The molecule has 0 spiro atoms. The maximum absolute atomic E-state index is 10.7. The molecule has 0 N–H and O–H groups in total. The summed E-state index contributed by atoms with van der Waals surface area (Å²) >= 11 is 0. The summed E-state index contributed by atoms with van der Waals surface area (Å²) in [6.45, 7) is 8.17. The topological polar surface area (TPSA) is 43.4 Å². The fraction of sp³-hybridized carbons (Fsp3) is 0.417. The van der Waals surface area contributed by atoms with Crippen LogP contribution in [0.15, 0.2) is 31.8 Å². The summed E-state index contributed by atoms with van der Waals surface area (Å²) in [5.74, 6) is -0.222. The van der Waals surface area contributed by atoms with Gasteiger partial charge in [-0.3, -0.25) is 0 Å². The molecule has 0 unspecified atom stereocenters. The van der Waals surface area contributed by atoms with Crippen molar-refractivity contribution in [3.05, 3.63) is 34.4 Å². The predicted octanol–water partition coefficient (Wildman–Crippen LogP) is 3.54. The Labute approximate surface area is 88.7 Å². The van der Waals surface area contributed by atoms with Crippen molar-refractivity contribution in [3.63, 3.8) is 0 Å². The average Bonchev–Trinajstić information content (AvgIpc) is 2.59. The van der Waals surface area contributed by atoms with Gasteiger partial charge in [0.15, 0.2) is 11.2 Å². The number of hydrogen-bond donors (Lipinski definition) is 0. The maximum atomic E-state index is 10.7. The Morgan fingerprint density at radius 3 is 2.27 bits per heavy atom. The molecule has 0 saturated heterocycles. The zero-order valence-electron chi connectivity index (χ0n) is 9.53. The predicted molar refractivity (Wildman–Crippen MR) is 60.2 cm³/mol. The normalized spacial score (nSPS) is 10.2. The highest BCUT2D eigenvalue weighted by Gasteiger charge is 2.05. The van der Waals surface area contributed by atoms with Crippen LogP contribution in [0.5, 0.6) is 0 Å². The lowest BCUT2D eigenvalue weighted by atomic mass is 10.0. The molecule has 0 radical (unpaired) electrons. The van der Waals surface area contributed by atoms with Crippen molar-refractivity contribution in [2.45, 2.75) is 33.6 Å². The number of fused-ring (bicyclic) bond motifs is 1. The van der Waals surface area contributed by atoms with Gasteiger partial charge in [0.25, 0.3) is 0 Å². The van der Waals surface area contributed by atoms with Crippen LogP contribution in [0, 0.1) is 0 Å². The molecule has 0 fully saturated rings. The van der Waals surface area contributed by atoms with Crippen molar-refractivity contribution in [3.8, 4) is 0 Å². The van der Waals surface area contributed by atoms with Crippen LogP contribution in [0.2, 0.25) is 0 Å². The van der Waals surface area contributed by atoms with Gasteiger partial charge in [0.2, 0.25) is 0 Å². The molecule has 3 nitrogen and oxygen atoms in total. The first kappa shape index (κ1) is 11.6. The second-order valence-corrected chi connectivity index (χ2v) is 3.31. The van der Waals surface area contributed by atoms with Crippen molar-refractivity contribution in [1.29, 1.82) is 0 Å². The van der Waals surface area contributed by atoms with Gasteiger partial charge in [-0.15, -0.1) is 0 Å². The maximum Gasteiger partial charge on any atom is 0.519 e. The highest BCUT2D eigenvalue weighted by atomic mass is 16.6. The fourth-order valence-electron chi connectivity index (χ4n) is 1.25. The minimum absolute atomic E-state index is 0.421. The molecule has 1 aromatic carbocycles. The van der Waals surface area contributed by atoms with Crippen LogP contribution >= 0.6 is 0 Å². The lowest BCUT2D eigenvalue weighted by Gasteiger charge is -2.02. The van der Waals surface area contributed by atoms with Crippen LogP contribution in [0.1, 0.15) is 39.2 Å². The fourth-order valence-corrected chi connectivity index (χ4v) is 1.25. The van der Waals surface area contributed by atoms with Gasteiger partial charge in [-0.25, -0.2) is 4.79 Å². The Bertz CT molecular complexity index is 477. The van der Waals surface area contributed by atoms with E-state index < -0.39 is 5.82 Å². The van der Waals surface area contributed by atoms with E-state index in [0.29, 0.717) is 17.1 Å². The van der Waals surface area contributed by atoms with Crippen molar-refractivity contribution < 1.29 is 8.83 Å². The van der Waals surface area contributed by atoms with Gasteiger partial charge in [-0.1, -0.05) is 33.8 Å². The van der Waals surface area contributed by atoms with Crippen LogP contribution in [0.3, 0.4) is 0 Å². The molecular weight excluding hydrogens is 192 g/mol. The van der Waals surface area contributed by atoms with E-state index in [4.69, 9.17) is 8.83 Å². The summed E-state index contributed by atoms with van der Waals surface area (Å²) in [6, 6.07) is 5.53. The molecule has 1 aromatic heterocycles. The minimum Gasteiger partial charge on any atom is -0.391 e. The lowest BCUT2D eigenvalue weighted by Crippen LogP contribution is -1.85. The summed E-state index contributed by atoms with van der Waals surface area (Å²) < 4.78 is 9.62. The average molecular weight is 208 g/mol. The second kappa shape index (κ2) is 4.82. The SMILES string of the molecule is CC.CC(C)c1ccc2oc(=O)oc2c1. The quantitative estimate of drug-likeness (QED) is 0.720. The molecule has 2 aromatic rings. The first-order chi connectivity index (χ1) is 7.16. The molecule has 0 bridgehead atoms. The van der Waals surface area contributed by atoms with Crippen LogP contribution in [0.4, 0.5) is 0 Å². The van der Waals surface area contributed by atoms with Crippen molar-refractivity contribution >= 4 is 11.2 Å². The Kier molecular flexibility index (Phi) is 3.72. The molecule has 1 heterocycles. The minimum atomic E-state index is -0.643. The molecule has 82 valence electrons. The number of rotatable bonds is 1. The molecule has 3 heteroatoms. The van der Waals surface area contributed by atoms with E-state index in [1.165, 1.54) is 0 Å². The molecule has 2 rings (SSSR count). The standard InChI is InChI=1S/C10H10O3.C2H6/c1-6(2)7-3-4-8-9(5-7)13-10(11)12-8;1-2/h3-6H,1-2H3;1-2H3. The van der Waals surface area contributed by atoms with Crippen molar-refractivity contribution in [2.24, 2.45) is 0 Å². The molecule has 0 aliphatic heterocycles. The number of hydrogen-bond acceptors (Lipinski definition) is 3. The molecule has 15 heavy (non-hydrogen) atoms. The highest BCUT2D eigenvalue weighted by molar-refractivity contribution is 5.70. The third-order valence-electron chi connectivity index (χ3n) is 2.02. The van der Waals surface area contributed by atoms with Gasteiger partial charge in [-0.05, 0) is 23.6 Å². The Morgan fingerprint density at radius 2 is 1.67 bits per heavy atom. The summed E-state index contributed by atoms with van der Waals surface area (Å²) in [6.07, 6.45) is 0. The van der Waals surface area contributed by atoms with Crippen LogP contribution in [-0.4, -0.2) is 0 Å². The molecule has 0 amide bonds. The summed E-state index contributed by atoms with van der Waals surface area (Å²) in [5, 5.41) is 0. The first-order valence-corrected chi connectivity index (χ1v) is 5.20. The van der Waals surface area contributed by atoms with Gasteiger partial charge in [0, 0.05) is 0 Å². The molecule has 0 aliphatic carbocycles. The summed E-state index contributed by atoms with van der Waals surface area (Å²) in [7, 11) is 0. The molecule has 0 saturated carbocycles. The van der Waals surface area contributed by atoms with Gasteiger partial charge in [0.05, 0.1) is 0 Å². The third-order valence-corrected chi connectivity index (χ3v) is 2.02. The van der Waals surface area contributed by atoms with E-state index in [9.17, 15) is 4.79 Å². The van der Waals surface area contributed by atoms with Gasteiger partial charge in [0.1, 0.15) is 0 Å². The number of benzene rings is 1. The van der Waals surface area contributed by atoms with E-state index in [-0.39, 0.29) is 0 Å². The molecular formula is C12H16O3. The third kappa shape index (κ3) is 2.49. The smallest absolute Gasteiger partial charge is 0.391 e. The van der Waals surface area contributed by atoms with E-state index >= 15 is 0 Å². The zero-order chi connectivity index (χ0) is 11.4. The largest absolute Gasteiger partial charge is 0.519 e. The highest BCUT2D eigenvalue weighted by Crippen LogP contribution is 2.20. The second-order valence-electron chi connectivity index (χ2n) is 3.31. The first-order valence-electron chi connectivity index (χ1n) is 5.20. The lowest BCUT2D eigenvalue weighted by molar-refractivity contribution is 0.409. The van der Waals surface area contributed by atoms with Gasteiger partial charge in [-0.2, -0.15) is 0 Å². The van der Waals surface area contributed by atoms with Crippen molar-refractivity contribution in [1.82, 2.24) is 0 Å². The van der Waals surface area contributed by atoms with E-state index in [1.807, 2.05) is 26.0 Å². The van der Waals surface area contributed by atoms with E-state index in [0.717, 1.165) is 5.56 Å². The monoisotopic (exact) mass is 208 g/mol. The summed E-state index contributed by atoms with van der Waals surface area (Å²) in [5.41, 5.74) is 2.17. The van der Waals surface area contributed by atoms with Gasteiger partial charge < -0.3 is 8.83 Å². The zero-order valence-corrected chi connectivity index (χ0v) is 9.53. The Hall–Kier alpha value is -1.51. The van der Waals surface area contributed by atoms with Crippen LogP contribution < -0.4 is 5.82 Å². The van der Waals surface area contributed by atoms with Crippen LogP contribution in [-0.2, 0) is 0 Å². The Morgan fingerprint density at radius 1 is 1.07 bits per heavy atom. The molecule has 0 aliphatic rings.